The lowest BCUT2D eigenvalue weighted by molar-refractivity contribution is 0.185. The Labute approximate surface area is 232 Å². The van der Waals surface area contributed by atoms with Crippen LogP contribution in [0.2, 0.25) is 0 Å². The SMILES string of the molecule is COc1cc(CN(C2CCCCC2C)S(=O)(=O)c2ccc(S(=O)(=O)NC3CCCC3)cc2)cc(OC)c1OC. The molecule has 1 N–H and O–H groups in total. The van der Waals surface area contributed by atoms with Crippen LogP contribution in [0, 0.1) is 5.92 Å². The minimum atomic E-state index is -3.97. The molecule has 0 saturated heterocycles. The molecule has 2 saturated carbocycles. The first-order valence-corrected chi connectivity index (χ1v) is 16.5. The van der Waals surface area contributed by atoms with Crippen LogP contribution >= 0.6 is 0 Å². The molecule has 39 heavy (non-hydrogen) atoms. The van der Waals surface area contributed by atoms with Crippen molar-refractivity contribution in [2.24, 2.45) is 5.92 Å². The molecule has 4 rings (SSSR count). The average Bonchev–Trinajstić information content (AvgIpc) is 3.44. The Bertz CT molecular complexity index is 1310. The Morgan fingerprint density at radius 2 is 1.33 bits per heavy atom. The van der Waals surface area contributed by atoms with Gasteiger partial charge in [0.2, 0.25) is 25.8 Å². The zero-order chi connectivity index (χ0) is 28.2. The van der Waals surface area contributed by atoms with Crippen molar-refractivity contribution in [1.82, 2.24) is 9.03 Å². The molecule has 0 bridgehead atoms. The van der Waals surface area contributed by atoms with Crippen LogP contribution in [0.1, 0.15) is 63.9 Å². The highest BCUT2D eigenvalue weighted by Crippen LogP contribution is 2.40. The number of benzene rings is 2. The number of nitrogens with one attached hydrogen (secondary N) is 1. The summed E-state index contributed by atoms with van der Waals surface area (Å²) < 4.78 is 74.7. The molecule has 2 fully saturated rings. The third-order valence-electron chi connectivity index (χ3n) is 7.92. The van der Waals surface area contributed by atoms with Gasteiger partial charge in [0.25, 0.3) is 0 Å². The largest absolute Gasteiger partial charge is 0.493 e. The third-order valence-corrected chi connectivity index (χ3v) is 11.3. The van der Waals surface area contributed by atoms with Gasteiger partial charge >= 0.3 is 0 Å². The van der Waals surface area contributed by atoms with Gasteiger partial charge in [-0.15, -0.1) is 0 Å². The van der Waals surface area contributed by atoms with E-state index in [1.165, 1.54) is 45.6 Å². The van der Waals surface area contributed by atoms with E-state index < -0.39 is 20.0 Å². The van der Waals surface area contributed by atoms with Gasteiger partial charge in [-0.1, -0.05) is 32.6 Å². The van der Waals surface area contributed by atoms with Crippen LogP contribution in [-0.4, -0.2) is 54.6 Å². The van der Waals surface area contributed by atoms with Crippen molar-refractivity contribution in [3.63, 3.8) is 0 Å². The monoisotopic (exact) mass is 580 g/mol. The summed E-state index contributed by atoms with van der Waals surface area (Å²) in [4.78, 5) is 0.128. The number of hydrogen-bond donors (Lipinski definition) is 1. The molecule has 0 heterocycles. The van der Waals surface area contributed by atoms with E-state index in [2.05, 4.69) is 11.6 Å². The Kier molecular flexibility index (Phi) is 9.46. The van der Waals surface area contributed by atoms with E-state index in [0.29, 0.717) is 22.8 Å². The maximum atomic E-state index is 14.1. The summed E-state index contributed by atoms with van der Waals surface area (Å²) in [6.07, 6.45) is 7.36. The van der Waals surface area contributed by atoms with Crippen molar-refractivity contribution < 1.29 is 31.0 Å². The van der Waals surface area contributed by atoms with E-state index in [0.717, 1.165) is 51.4 Å². The van der Waals surface area contributed by atoms with Gasteiger partial charge in [-0.05, 0) is 73.6 Å². The second-order valence-corrected chi connectivity index (χ2v) is 14.1. The fourth-order valence-corrected chi connectivity index (χ4v) is 8.81. The summed E-state index contributed by atoms with van der Waals surface area (Å²) in [5.41, 5.74) is 0.700. The smallest absolute Gasteiger partial charge is 0.243 e. The lowest BCUT2D eigenvalue weighted by Crippen LogP contribution is -2.44. The minimum absolute atomic E-state index is 0.0625. The quantitative estimate of drug-likeness (QED) is 0.410. The van der Waals surface area contributed by atoms with Gasteiger partial charge in [0.05, 0.1) is 31.1 Å². The van der Waals surface area contributed by atoms with Crippen molar-refractivity contribution in [1.29, 1.82) is 0 Å². The highest BCUT2D eigenvalue weighted by Gasteiger charge is 2.36. The first-order valence-electron chi connectivity index (χ1n) is 13.5. The Hall–Kier alpha value is -2.34. The maximum absolute atomic E-state index is 14.1. The van der Waals surface area contributed by atoms with Gasteiger partial charge in [0.15, 0.2) is 11.5 Å². The standard InChI is InChI=1S/C28H40N2O7S2/c1-20-9-5-8-12-25(20)30(19-21-17-26(35-2)28(37-4)27(18-21)36-3)39(33,34)24-15-13-23(14-16-24)38(31,32)29-22-10-6-7-11-22/h13-18,20,22,25,29H,5-12,19H2,1-4H3. The fraction of sp³-hybridized carbons (Fsp3) is 0.571. The zero-order valence-electron chi connectivity index (χ0n) is 23.2. The number of hydrogen-bond acceptors (Lipinski definition) is 7. The number of methoxy groups -OCH3 is 3. The molecule has 0 radical (unpaired) electrons. The van der Waals surface area contributed by atoms with Gasteiger partial charge in [0, 0.05) is 18.6 Å². The summed E-state index contributed by atoms with van der Waals surface area (Å²) >= 11 is 0. The summed E-state index contributed by atoms with van der Waals surface area (Å²) in [7, 11) is -3.12. The molecule has 0 aliphatic heterocycles. The number of rotatable bonds is 11. The average molecular weight is 581 g/mol. The summed E-state index contributed by atoms with van der Waals surface area (Å²) in [5, 5.41) is 0. The summed E-state index contributed by atoms with van der Waals surface area (Å²) in [6.45, 7) is 2.20. The van der Waals surface area contributed by atoms with E-state index in [1.54, 1.807) is 16.4 Å². The number of sulfonamides is 2. The lowest BCUT2D eigenvalue weighted by atomic mass is 9.86. The molecule has 2 atom stereocenters. The normalized spacial score (nSPS) is 20.7. The molecule has 216 valence electrons. The molecule has 0 aromatic heterocycles. The topological polar surface area (TPSA) is 111 Å². The van der Waals surface area contributed by atoms with Crippen LogP contribution in [0.4, 0.5) is 0 Å². The second kappa shape index (κ2) is 12.4. The molecule has 2 aliphatic carbocycles. The van der Waals surface area contributed by atoms with Crippen molar-refractivity contribution in [2.75, 3.05) is 21.3 Å². The van der Waals surface area contributed by atoms with Crippen molar-refractivity contribution in [3.8, 4) is 17.2 Å². The van der Waals surface area contributed by atoms with Gasteiger partial charge in [-0.25, -0.2) is 21.6 Å². The Balaban J connectivity index is 1.68. The van der Waals surface area contributed by atoms with Crippen LogP contribution in [0.5, 0.6) is 17.2 Å². The van der Waals surface area contributed by atoms with Crippen molar-refractivity contribution in [2.45, 2.75) is 86.7 Å². The molecule has 11 heteroatoms. The van der Waals surface area contributed by atoms with Gasteiger partial charge in [-0.3, -0.25) is 0 Å². The number of ether oxygens (including phenoxy) is 3. The van der Waals surface area contributed by atoms with Crippen molar-refractivity contribution in [3.05, 3.63) is 42.0 Å². The van der Waals surface area contributed by atoms with Crippen LogP contribution in [0.15, 0.2) is 46.2 Å². The van der Waals surface area contributed by atoms with Crippen LogP contribution in [0.3, 0.4) is 0 Å². The Morgan fingerprint density at radius 3 is 1.87 bits per heavy atom. The number of nitrogens with zero attached hydrogens (tertiary/aromatic N) is 1. The molecule has 0 spiro atoms. The van der Waals surface area contributed by atoms with Crippen LogP contribution in [0.25, 0.3) is 0 Å². The second-order valence-electron chi connectivity index (χ2n) is 10.5. The molecule has 0 amide bonds. The summed E-state index contributed by atoms with van der Waals surface area (Å²) in [6, 6.07) is 8.82. The molecule has 9 nitrogen and oxygen atoms in total. The van der Waals surface area contributed by atoms with Gasteiger partial charge in [-0.2, -0.15) is 4.31 Å². The Morgan fingerprint density at radius 1 is 0.795 bits per heavy atom. The van der Waals surface area contributed by atoms with Crippen LogP contribution in [-0.2, 0) is 26.6 Å². The molecule has 2 aromatic rings. The first kappa shape index (κ1) is 29.6. The molecule has 2 aliphatic rings. The van der Waals surface area contributed by atoms with Crippen LogP contribution < -0.4 is 18.9 Å². The zero-order valence-corrected chi connectivity index (χ0v) is 24.8. The van der Waals surface area contributed by atoms with E-state index >= 15 is 0 Å². The lowest BCUT2D eigenvalue weighted by Gasteiger charge is -2.38. The summed E-state index contributed by atoms with van der Waals surface area (Å²) in [5.74, 6) is 1.51. The molecular formula is C28H40N2O7S2. The predicted molar refractivity (Wildman–Crippen MR) is 149 cm³/mol. The van der Waals surface area contributed by atoms with Crippen molar-refractivity contribution >= 4 is 20.0 Å². The van der Waals surface area contributed by atoms with Gasteiger partial charge in [0.1, 0.15) is 0 Å². The third kappa shape index (κ3) is 6.53. The fourth-order valence-electron chi connectivity index (χ4n) is 5.77. The van der Waals surface area contributed by atoms with E-state index in [1.807, 2.05) is 0 Å². The van der Waals surface area contributed by atoms with E-state index in [-0.39, 0.29) is 34.3 Å². The molecule has 2 unspecified atom stereocenters. The van der Waals surface area contributed by atoms with Gasteiger partial charge < -0.3 is 14.2 Å². The molecule has 2 aromatic carbocycles. The van der Waals surface area contributed by atoms with E-state index in [4.69, 9.17) is 14.2 Å². The predicted octanol–water partition coefficient (Wildman–Crippen LogP) is 4.70. The first-order chi connectivity index (χ1) is 18.6. The maximum Gasteiger partial charge on any atom is 0.243 e. The molecular weight excluding hydrogens is 540 g/mol. The highest BCUT2D eigenvalue weighted by molar-refractivity contribution is 7.89. The highest BCUT2D eigenvalue weighted by atomic mass is 32.2. The van der Waals surface area contributed by atoms with E-state index in [9.17, 15) is 16.8 Å². The minimum Gasteiger partial charge on any atom is -0.493 e.